The number of rotatable bonds is 6. The summed E-state index contributed by atoms with van der Waals surface area (Å²) in [4.78, 5) is 3.36. The first-order chi connectivity index (χ1) is 17.8. The topological polar surface area (TPSA) is 6.48 Å². The van der Waals surface area contributed by atoms with E-state index in [1.165, 1.54) is 0 Å². The summed E-state index contributed by atoms with van der Waals surface area (Å²) in [5, 5.41) is 6.01. The summed E-state index contributed by atoms with van der Waals surface area (Å²) in [6, 6.07) is 39.4. The summed E-state index contributed by atoms with van der Waals surface area (Å²) in [5.41, 5.74) is 3.11. The van der Waals surface area contributed by atoms with Crippen LogP contribution in [0.15, 0.2) is 121 Å². The maximum absolute atomic E-state index is 14.6. The molecular weight excluding hydrogens is 450 g/mol. The normalized spacial score (nSPS) is 11.3. The van der Waals surface area contributed by atoms with Crippen molar-refractivity contribution in [3.05, 3.63) is 121 Å². The first kappa shape index (κ1) is 22.1. The van der Waals surface area contributed by atoms with E-state index in [0.717, 1.165) is 55.1 Å². The number of hydrogen-bond acceptors (Lipinski definition) is 2. The van der Waals surface area contributed by atoms with Crippen molar-refractivity contribution in [2.24, 2.45) is 0 Å². The predicted octanol–water partition coefficient (Wildman–Crippen LogP) is 9.28. The van der Waals surface area contributed by atoms with E-state index >= 15 is 0 Å². The van der Waals surface area contributed by atoms with Gasteiger partial charge in [0.2, 0.25) is 0 Å². The van der Waals surface area contributed by atoms with Crippen LogP contribution >= 0.6 is 0 Å². The molecule has 0 aliphatic carbocycles. The Kier molecular flexibility index (Phi) is 5.70. The van der Waals surface area contributed by atoms with E-state index in [1.807, 2.05) is 109 Å². The Morgan fingerprint density at radius 3 is 1.19 bits per heavy atom. The van der Waals surface area contributed by atoms with Gasteiger partial charge in [-0.05, 0) is 57.9 Å². The molecule has 0 bridgehead atoms. The maximum atomic E-state index is 14.6. The zero-order valence-corrected chi connectivity index (χ0v) is 19.6. The Morgan fingerprint density at radius 2 is 0.806 bits per heavy atom. The van der Waals surface area contributed by atoms with Gasteiger partial charge in [-0.1, -0.05) is 84.9 Å². The number of anilines is 4. The van der Waals surface area contributed by atoms with Crippen molar-refractivity contribution in [2.75, 3.05) is 23.4 Å². The van der Waals surface area contributed by atoms with Gasteiger partial charge in [-0.25, -0.2) is 8.78 Å². The summed E-state index contributed by atoms with van der Waals surface area (Å²) in [6.45, 7) is -1.33. The van der Waals surface area contributed by atoms with Gasteiger partial charge in [0.1, 0.15) is 0 Å². The van der Waals surface area contributed by atoms with Crippen molar-refractivity contribution in [3.63, 3.8) is 0 Å². The van der Waals surface area contributed by atoms with Gasteiger partial charge in [-0.15, -0.1) is 0 Å². The van der Waals surface area contributed by atoms with Gasteiger partial charge in [-0.3, -0.25) is 0 Å². The van der Waals surface area contributed by atoms with Crippen molar-refractivity contribution in [1.82, 2.24) is 0 Å². The van der Waals surface area contributed by atoms with Gasteiger partial charge >= 0.3 is 0 Å². The zero-order valence-electron chi connectivity index (χ0n) is 19.6. The third-order valence-corrected chi connectivity index (χ3v) is 6.77. The van der Waals surface area contributed by atoms with Crippen molar-refractivity contribution < 1.29 is 8.78 Å². The second-order valence-corrected chi connectivity index (χ2v) is 8.75. The van der Waals surface area contributed by atoms with E-state index in [0.29, 0.717) is 0 Å². The van der Waals surface area contributed by atoms with Crippen LogP contribution in [0.25, 0.3) is 32.3 Å². The number of benzene rings is 6. The molecule has 176 valence electrons. The Labute approximate surface area is 208 Å². The average molecular weight is 475 g/mol. The zero-order chi connectivity index (χ0) is 24.5. The van der Waals surface area contributed by atoms with Gasteiger partial charge in [0.25, 0.3) is 0 Å². The van der Waals surface area contributed by atoms with Crippen molar-refractivity contribution in [2.45, 2.75) is 0 Å². The molecule has 0 heterocycles. The highest BCUT2D eigenvalue weighted by Crippen LogP contribution is 2.44. The fourth-order valence-corrected chi connectivity index (χ4v) is 5.15. The van der Waals surface area contributed by atoms with E-state index in [4.69, 9.17) is 0 Å². The van der Waals surface area contributed by atoms with Gasteiger partial charge < -0.3 is 9.80 Å². The molecule has 0 atom stereocenters. The Hall–Kier alpha value is -4.44. The minimum atomic E-state index is -0.666. The molecule has 0 saturated carbocycles. The lowest BCUT2D eigenvalue weighted by Crippen LogP contribution is -2.16. The molecule has 2 nitrogen and oxygen atoms in total. The molecule has 0 saturated heterocycles. The van der Waals surface area contributed by atoms with Gasteiger partial charge in [-0.2, -0.15) is 0 Å². The van der Waals surface area contributed by atoms with Gasteiger partial charge in [0.05, 0.1) is 11.4 Å². The number of para-hydroxylation sites is 2. The van der Waals surface area contributed by atoms with E-state index in [1.54, 1.807) is 9.80 Å². The molecule has 0 radical (unpaired) electrons. The lowest BCUT2D eigenvalue weighted by Gasteiger charge is -2.26. The SMILES string of the molecule is FCN(c1ccccc1)c1cc2cc(N(CF)c3ccccc3)c3ccccc3c2c2ccccc12. The Morgan fingerprint density at radius 1 is 0.444 bits per heavy atom. The fraction of sp³-hybridized carbons (Fsp3) is 0.0625. The number of alkyl halides is 2. The molecule has 0 aliphatic rings. The quantitative estimate of drug-likeness (QED) is 0.175. The molecule has 0 N–H and O–H groups in total. The molecule has 6 aromatic carbocycles. The smallest absolute Gasteiger partial charge is 0.166 e. The molecule has 6 rings (SSSR count). The molecule has 0 amide bonds. The standard InChI is InChI=1S/C32H24F2N2/c33-21-35(24-11-3-1-4-12-24)30-19-23-20-31(36(22-34)25-13-5-2-6-14-25)27-16-8-10-18-29(27)32(23)28-17-9-7-15-26(28)30/h1-20H,21-22H2. The summed E-state index contributed by atoms with van der Waals surface area (Å²) < 4.78 is 29.1. The van der Waals surface area contributed by atoms with E-state index in [-0.39, 0.29) is 0 Å². The van der Waals surface area contributed by atoms with Crippen LogP contribution in [0, 0.1) is 0 Å². The van der Waals surface area contributed by atoms with E-state index in [2.05, 4.69) is 12.1 Å². The molecule has 0 unspecified atom stereocenters. The Bertz CT molecular complexity index is 1540. The third-order valence-electron chi connectivity index (χ3n) is 6.77. The molecule has 0 spiro atoms. The van der Waals surface area contributed by atoms with Crippen molar-refractivity contribution in [1.29, 1.82) is 0 Å². The minimum Gasteiger partial charge on any atom is -0.313 e. The second-order valence-electron chi connectivity index (χ2n) is 8.75. The molecule has 36 heavy (non-hydrogen) atoms. The van der Waals surface area contributed by atoms with Crippen LogP contribution in [0.1, 0.15) is 0 Å². The number of hydrogen-bond donors (Lipinski definition) is 0. The summed E-state index contributed by atoms with van der Waals surface area (Å²) in [7, 11) is 0. The number of halogens is 2. The fourth-order valence-electron chi connectivity index (χ4n) is 5.15. The lowest BCUT2D eigenvalue weighted by atomic mass is 9.93. The number of fused-ring (bicyclic) bond motifs is 5. The van der Waals surface area contributed by atoms with Crippen LogP contribution in [0.3, 0.4) is 0 Å². The second kappa shape index (κ2) is 9.31. The molecule has 4 heteroatoms. The molecular formula is C32H24F2N2. The largest absolute Gasteiger partial charge is 0.313 e. The van der Waals surface area contributed by atoms with Crippen LogP contribution in [-0.4, -0.2) is 13.6 Å². The highest BCUT2D eigenvalue weighted by Gasteiger charge is 2.19. The highest BCUT2D eigenvalue weighted by atomic mass is 19.1. The van der Waals surface area contributed by atoms with Crippen LogP contribution in [0.2, 0.25) is 0 Å². The molecule has 0 aromatic heterocycles. The summed E-state index contributed by atoms with van der Waals surface area (Å²) in [6.07, 6.45) is 0. The first-order valence-corrected chi connectivity index (χ1v) is 11.9. The Balaban J connectivity index is 1.70. The highest BCUT2D eigenvalue weighted by molar-refractivity contribution is 6.25. The predicted molar refractivity (Wildman–Crippen MR) is 148 cm³/mol. The third kappa shape index (κ3) is 3.62. The van der Waals surface area contributed by atoms with Crippen LogP contribution < -0.4 is 9.80 Å². The summed E-state index contributed by atoms with van der Waals surface area (Å²) >= 11 is 0. The molecule has 0 aliphatic heterocycles. The van der Waals surface area contributed by atoms with Crippen LogP contribution in [-0.2, 0) is 0 Å². The number of nitrogens with zero attached hydrogens (tertiary/aromatic N) is 2. The van der Waals surface area contributed by atoms with Crippen LogP contribution in [0.5, 0.6) is 0 Å². The van der Waals surface area contributed by atoms with E-state index < -0.39 is 13.6 Å². The average Bonchev–Trinajstić information content (AvgIpc) is 2.95. The molecule has 6 aromatic rings. The monoisotopic (exact) mass is 474 g/mol. The maximum Gasteiger partial charge on any atom is 0.166 e. The van der Waals surface area contributed by atoms with Gasteiger partial charge in [0.15, 0.2) is 13.6 Å². The lowest BCUT2D eigenvalue weighted by molar-refractivity contribution is 0.503. The minimum absolute atomic E-state index is 0.666. The summed E-state index contributed by atoms with van der Waals surface area (Å²) in [5.74, 6) is 0. The van der Waals surface area contributed by atoms with Crippen molar-refractivity contribution >= 4 is 55.1 Å². The molecule has 0 fully saturated rings. The van der Waals surface area contributed by atoms with Crippen LogP contribution in [0.4, 0.5) is 31.5 Å². The van der Waals surface area contributed by atoms with Crippen molar-refractivity contribution in [3.8, 4) is 0 Å². The first-order valence-electron chi connectivity index (χ1n) is 11.9. The van der Waals surface area contributed by atoms with Gasteiger partial charge in [0, 0.05) is 22.1 Å². The van der Waals surface area contributed by atoms with E-state index in [9.17, 15) is 8.78 Å².